The van der Waals surface area contributed by atoms with Gasteiger partial charge in [-0.2, -0.15) is 0 Å². The number of rotatable bonds is 3. The molecule has 1 aliphatic heterocycles. The van der Waals surface area contributed by atoms with Gasteiger partial charge in [-0.3, -0.25) is 4.79 Å². The molecule has 22 heavy (non-hydrogen) atoms. The summed E-state index contributed by atoms with van der Waals surface area (Å²) in [7, 11) is 3.63. The van der Waals surface area contributed by atoms with Crippen LogP contribution in [0.25, 0.3) is 10.1 Å². The number of piperidine rings is 1. The maximum atomic E-state index is 12.0. The van der Waals surface area contributed by atoms with Crippen molar-refractivity contribution in [3.8, 4) is 0 Å². The number of thiophene rings is 1. The van der Waals surface area contributed by atoms with E-state index in [1.54, 1.807) is 16.2 Å². The molecule has 3 nitrogen and oxygen atoms in total. The zero-order chi connectivity index (χ0) is 15.7. The van der Waals surface area contributed by atoms with Crippen molar-refractivity contribution in [1.82, 2.24) is 10.2 Å². The van der Waals surface area contributed by atoms with E-state index in [2.05, 4.69) is 35.8 Å². The molecule has 0 bridgehead atoms. The summed E-state index contributed by atoms with van der Waals surface area (Å²) >= 11 is 1.73. The Morgan fingerprint density at radius 2 is 2.18 bits per heavy atom. The van der Waals surface area contributed by atoms with E-state index in [4.69, 9.17) is 0 Å². The van der Waals surface area contributed by atoms with Gasteiger partial charge in [0, 0.05) is 24.8 Å². The minimum Gasteiger partial charge on any atom is -0.349 e. The summed E-state index contributed by atoms with van der Waals surface area (Å²) < 4.78 is 1.27. The minimum atomic E-state index is 0.162. The number of nitrogens with one attached hydrogen (secondary N) is 1. The first-order chi connectivity index (χ1) is 10.5. The number of fused-ring (bicyclic) bond motifs is 1. The third kappa shape index (κ3) is 3.18. The van der Waals surface area contributed by atoms with Crippen molar-refractivity contribution in [2.24, 2.45) is 5.92 Å². The first kappa shape index (κ1) is 15.5. The third-order valence-corrected chi connectivity index (χ3v) is 5.59. The fraction of sp³-hybridized carbons (Fsp3) is 0.500. The van der Waals surface area contributed by atoms with Gasteiger partial charge in [-0.1, -0.05) is 13.0 Å². The monoisotopic (exact) mass is 316 g/mol. The minimum absolute atomic E-state index is 0.162. The average molecular weight is 316 g/mol. The van der Waals surface area contributed by atoms with Crippen molar-refractivity contribution < 1.29 is 4.79 Å². The number of hydrogen-bond acceptors (Lipinski definition) is 3. The molecule has 1 aromatic carbocycles. The number of hydrogen-bond donors (Lipinski definition) is 1. The molecule has 3 rings (SSSR count). The number of benzene rings is 1. The average Bonchev–Trinajstić information content (AvgIpc) is 2.90. The van der Waals surface area contributed by atoms with Crippen molar-refractivity contribution in [2.75, 3.05) is 20.6 Å². The van der Waals surface area contributed by atoms with E-state index in [-0.39, 0.29) is 5.91 Å². The molecule has 4 heteroatoms. The molecule has 118 valence electrons. The Hall–Kier alpha value is -1.39. The van der Waals surface area contributed by atoms with E-state index in [1.165, 1.54) is 28.5 Å². The quantitative estimate of drug-likeness (QED) is 0.938. The zero-order valence-electron chi connectivity index (χ0n) is 13.6. The molecule has 0 saturated carbocycles. The summed E-state index contributed by atoms with van der Waals surface area (Å²) in [5.74, 6) is 0.934. The van der Waals surface area contributed by atoms with Gasteiger partial charge in [0.25, 0.3) is 0 Å². The SMILES string of the molecule is CC1CCC(c2ccc3scc(CC(=O)N(C)C)c3c2)NC1. The summed E-state index contributed by atoms with van der Waals surface area (Å²) in [6.07, 6.45) is 2.97. The van der Waals surface area contributed by atoms with Gasteiger partial charge in [0.05, 0.1) is 6.42 Å². The van der Waals surface area contributed by atoms with Crippen LogP contribution in [0.2, 0.25) is 0 Å². The van der Waals surface area contributed by atoms with Crippen LogP contribution in [0.3, 0.4) is 0 Å². The van der Waals surface area contributed by atoms with Crippen LogP contribution < -0.4 is 5.32 Å². The van der Waals surface area contributed by atoms with Gasteiger partial charge in [0.1, 0.15) is 0 Å². The summed E-state index contributed by atoms with van der Waals surface area (Å²) in [6.45, 7) is 3.40. The number of likely N-dealkylation sites (N-methyl/N-ethyl adjacent to an activating group) is 1. The standard InChI is InChI=1S/C18H24N2OS/c1-12-4-6-16(19-10-12)13-5-7-17-15(8-13)14(11-22-17)9-18(21)20(2)3/h5,7-8,11-12,16,19H,4,6,9-10H2,1-3H3. The summed E-state index contributed by atoms with van der Waals surface area (Å²) in [5.41, 5.74) is 2.51. The van der Waals surface area contributed by atoms with Crippen LogP contribution in [0.5, 0.6) is 0 Å². The van der Waals surface area contributed by atoms with Crippen molar-refractivity contribution >= 4 is 27.3 Å². The predicted molar refractivity (Wildman–Crippen MR) is 93.4 cm³/mol. The molecule has 0 spiro atoms. The van der Waals surface area contributed by atoms with Gasteiger partial charge in [-0.05, 0) is 59.3 Å². The Balaban J connectivity index is 1.86. The van der Waals surface area contributed by atoms with Gasteiger partial charge in [0.2, 0.25) is 5.91 Å². The van der Waals surface area contributed by atoms with Crippen molar-refractivity contribution in [1.29, 1.82) is 0 Å². The molecule has 2 aromatic rings. The molecule has 0 radical (unpaired) electrons. The molecule has 1 fully saturated rings. The van der Waals surface area contributed by atoms with Gasteiger partial charge >= 0.3 is 0 Å². The maximum absolute atomic E-state index is 12.0. The predicted octanol–water partition coefficient (Wildman–Crippen LogP) is 3.59. The highest BCUT2D eigenvalue weighted by Gasteiger charge is 2.20. The topological polar surface area (TPSA) is 32.3 Å². The second-order valence-electron chi connectivity index (χ2n) is 6.62. The summed E-state index contributed by atoms with van der Waals surface area (Å²) in [4.78, 5) is 13.7. The van der Waals surface area contributed by atoms with Crippen LogP contribution in [0.15, 0.2) is 23.6 Å². The lowest BCUT2D eigenvalue weighted by atomic mass is 9.91. The lowest BCUT2D eigenvalue weighted by molar-refractivity contribution is -0.127. The molecule has 2 atom stereocenters. The molecule has 1 saturated heterocycles. The van der Waals surface area contributed by atoms with Crippen LogP contribution in [-0.4, -0.2) is 31.4 Å². The van der Waals surface area contributed by atoms with E-state index >= 15 is 0 Å². The number of carbonyl (C=O) groups excluding carboxylic acids is 1. The molecule has 1 amide bonds. The van der Waals surface area contributed by atoms with Crippen LogP contribution >= 0.6 is 11.3 Å². The second-order valence-corrected chi connectivity index (χ2v) is 7.54. The fourth-order valence-corrected chi connectivity index (χ4v) is 4.00. The van der Waals surface area contributed by atoms with Crippen LogP contribution in [0, 0.1) is 5.92 Å². The molecule has 1 aromatic heterocycles. The Bertz CT molecular complexity index is 669. The van der Waals surface area contributed by atoms with E-state index < -0.39 is 0 Å². The van der Waals surface area contributed by atoms with Gasteiger partial charge in [-0.15, -0.1) is 11.3 Å². The van der Waals surface area contributed by atoms with Gasteiger partial charge in [0.15, 0.2) is 0 Å². The first-order valence-electron chi connectivity index (χ1n) is 7.98. The molecular weight excluding hydrogens is 292 g/mol. The smallest absolute Gasteiger partial charge is 0.226 e. The van der Waals surface area contributed by atoms with Crippen molar-refractivity contribution in [3.63, 3.8) is 0 Å². The molecule has 2 heterocycles. The lowest BCUT2D eigenvalue weighted by Gasteiger charge is -2.28. The molecule has 1 N–H and O–H groups in total. The fourth-order valence-electron chi connectivity index (χ4n) is 3.06. The lowest BCUT2D eigenvalue weighted by Crippen LogP contribution is -2.31. The molecular formula is C18H24N2OS. The zero-order valence-corrected chi connectivity index (χ0v) is 14.4. The van der Waals surface area contributed by atoms with E-state index in [0.717, 1.165) is 18.0 Å². The van der Waals surface area contributed by atoms with E-state index in [0.29, 0.717) is 12.5 Å². The van der Waals surface area contributed by atoms with Gasteiger partial charge in [-0.25, -0.2) is 0 Å². The Morgan fingerprint density at radius 3 is 2.86 bits per heavy atom. The van der Waals surface area contributed by atoms with Crippen LogP contribution in [-0.2, 0) is 11.2 Å². The Morgan fingerprint density at radius 1 is 1.36 bits per heavy atom. The molecule has 2 unspecified atom stereocenters. The highest BCUT2D eigenvalue weighted by molar-refractivity contribution is 7.17. The highest BCUT2D eigenvalue weighted by Crippen LogP contribution is 2.32. The summed E-state index contributed by atoms with van der Waals surface area (Å²) in [5, 5.41) is 7.03. The van der Waals surface area contributed by atoms with Crippen molar-refractivity contribution in [3.05, 3.63) is 34.7 Å². The summed E-state index contributed by atoms with van der Waals surface area (Å²) in [6, 6.07) is 7.19. The second kappa shape index (κ2) is 6.39. The molecule has 1 aliphatic rings. The number of amides is 1. The van der Waals surface area contributed by atoms with Crippen molar-refractivity contribution in [2.45, 2.75) is 32.2 Å². The Labute approximate surface area is 136 Å². The molecule has 0 aliphatic carbocycles. The van der Waals surface area contributed by atoms with Crippen LogP contribution in [0.4, 0.5) is 0 Å². The Kier molecular flexibility index (Phi) is 4.50. The van der Waals surface area contributed by atoms with Crippen LogP contribution in [0.1, 0.15) is 36.9 Å². The largest absolute Gasteiger partial charge is 0.349 e. The number of nitrogens with zero attached hydrogens (tertiary/aromatic N) is 1. The maximum Gasteiger partial charge on any atom is 0.226 e. The first-order valence-corrected chi connectivity index (χ1v) is 8.86. The third-order valence-electron chi connectivity index (χ3n) is 4.58. The van der Waals surface area contributed by atoms with Gasteiger partial charge < -0.3 is 10.2 Å². The van der Waals surface area contributed by atoms with E-state index in [9.17, 15) is 4.79 Å². The highest BCUT2D eigenvalue weighted by atomic mass is 32.1. The van der Waals surface area contributed by atoms with E-state index in [1.807, 2.05) is 14.1 Å². The number of carbonyl (C=O) groups is 1. The normalized spacial score (nSPS) is 22.0.